The molecule has 0 spiro atoms. The van der Waals surface area contributed by atoms with Gasteiger partial charge in [0.25, 0.3) is 5.69 Å². The number of nitrogens with zero attached hydrogens (tertiary/aromatic N) is 1. The number of esters is 1. The van der Waals surface area contributed by atoms with Crippen molar-refractivity contribution in [2.75, 3.05) is 0 Å². The van der Waals surface area contributed by atoms with Crippen LogP contribution in [0.25, 0.3) is 0 Å². The Labute approximate surface area is 116 Å². The van der Waals surface area contributed by atoms with E-state index in [1.807, 2.05) is 0 Å². The number of benzene rings is 1. The third-order valence-corrected chi connectivity index (χ3v) is 2.26. The molecule has 0 amide bonds. The molecule has 0 aromatic heterocycles. The maximum absolute atomic E-state index is 12.9. The molecule has 0 aliphatic rings. The van der Waals surface area contributed by atoms with Crippen molar-refractivity contribution in [2.45, 2.75) is 18.0 Å². The van der Waals surface area contributed by atoms with Crippen LogP contribution < -0.4 is 4.74 Å². The number of carbonyl (C=O) groups is 1. The van der Waals surface area contributed by atoms with Gasteiger partial charge < -0.3 is 4.74 Å². The minimum Gasteiger partial charge on any atom is -0.422 e. The topological polar surface area (TPSA) is 69.4 Å². The summed E-state index contributed by atoms with van der Waals surface area (Å²) >= 11 is 0. The van der Waals surface area contributed by atoms with Crippen LogP contribution in [0.2, 0.25) is 0 Å². The largest absolute Gasteiger partial charge is 0.460 e. The van der Waals surface area contributed by atoms with Crippen LogP contribution in [0.3, 0.4) is 0 Å². The summed E-state index contributed by atoms with van der Waals surface area (Å²) in [6.07, 6.45) is -6.68. The Bertz CT molecular complexity index is 582. The number of non-ortho nitro benzene ring substituents is 1. The second-order valence-corrected chi connectivity index (χ2v) is 3.79. The van der Waals surface area contributed by atoms with Crippen molar-refractivity contribution in [3.63, 3.8) is 0 Å². The SMILES string of the molecule is O=C(Oc1ccc([N+](=O)[O-])cc1)C(F)(F)C(F)(F)C(F)(F)F. The Morgan fingerprint density at radius 1 is 1.00 bits per heavy atom. The molecule has 22 heavy (non-hydrogen) atoms. The van der Waals surface area contributed by atoms with Crippen LogP contribution >= 0.6 is 0 Å². The second kappa shape index (κ2) is 5.42. The van der Waals surface area contributed by atoms with Gasteiger partial charge in [-0.25, -0.2) is 4.79 Å². The molecule has 0 saturated heterocycles. The fraction of sp³-hybridized carbons (Fsp3) is 0.300. The van der Waals surface area contributed by atoms with E-state index in [0.29, 0.717) is 24.3 Å². The molecule has 12 heteroatoms. The zero-order valence-electron chi connectivity index (χ0n) is 10.0. The van der Waals surface area contributed by atoms with Gasteiger partial charge in [0.15, 0.2) is 0 Å². The van der Waals surface area contributed by atoms with Crippen molar-refractivity contribution >= 4 is 11.7 Å². The zero-order valence-corrected chi connectivity index (χ0v) is 10.0. The number of ether oxygens (including phenoxy) is 1. The van der Waals surface area contributed by atoms with Gasteiger partial charge in [-0.2, -0.15) is 30.7 Å². The van der Waals surface area contributed by atoms with Crippen LogP contribution in [0.1, 0.15) is 0 Å². The number of rotatable bonds is 4. The van der Waals surface area contributed by atoms with Gasteiger partial charge in [-0.3, -0.25) is 10.1 Å². The summed E-state index contributed by atoms with van der Waals surface area (Å²) in [7, 11) is 0. The van der Waals surface area contributed by atoms with Crippen LogP contribution in [-0.2, 0) is 4.79 Å². The fourth-order valence-corrected chi connectivity index (χ4v) is 1.11. The van der Waals surface area contributed by atoms with Gasteiger partial charge in [0, 0.05) is 12.1 Å². The quantitative estimate of drug-likeness (QED) is 0.278. The van der Waals surface area contributed by atoms with Crippen LogP contribution in [0.15, 0.2) is 24.3 Å². The van der Waals surface area contributed by atoms with Gasteiger partial charge in [-0.15, -0.1) is 0 Å². The summed E-state index contributed by atoms with van der Waals surface area (Å²) in [6.45, 7) is 0. The van der Waals surface area contributed by atoms with E-state index in [2.05, 4.69) is 4.74 Å². The van der Waals surface area contributed by atoms with Crippen LogP contribution in [0, 0.1) is 10.1 Å². The molecule has 0 N–H and O–H groups in total. The number of hydrogen-bond donors (Lipinski definition) is 0. The van der Waals surface area contributed by atoms with Gasteiger partial charge >= 0.3 is 24.0 Å². The van der Waals surface area contributed by atoms with E-state index >= 15 is 0 Å². The standard InChI is InChI=1S/C10H4F7NO4/c11-8(12,9(13,14)10(15,16)17)7(19)22-6-3-1-5(2-4-6)18(20)21/h1-4H. The summed E-state index contributed by atoms with van der Waals surface area (Å²) in [5.41, 5.74) is -0.549. The maximum Gasteiger partial charge on any atom is 0.460 e. The second-order valence-electron chi connectivity index (χ2n) is 3.79. The van der Waals surface area contributed by atoms with E-state index in [1.54, 1.807) is 0 Å². The van der Waals surface area contributed by atoms with E-state index < -0.39 is 40.4 Å². The molecule has 0 unspecified atom stereocenters. The maximum atomic E-state index is 12.9. The lowest BCUT2D eigenvalue weighted by Gasteiger charge is -2.26. The Balaban J connectivity index is 2.98. The Hall–Kier alpha value is -2.40. The highest BCUT2D eigenvalue weighted by Crippen LogP contribution is 2.47. The van der Waals surface area contributed by atoms with Crippen molar-refractivity contribution in [1.82, 2.24) is 0 Å². The van der Waals surface area contributed by atoms with Crippen molar-refractivity contribution in [2.24, 2.45) is 0 Å². The highest BCUT2D eigenvalue weighted by atomic mass is 19.4. The molecule has 0 atom stereocenters. The van der Waals surface area contributed by atoms with Gasteiger partial charge in [-0.1, -0.05) is 0 Å². The first kappa shape index (κ1) is 17.7. The van der Waals surface area contributed by atoms with Crippen molar-refractivity contribution in [3.05, 3.63) is 34.4 Å². The third-order valence-electron chi connectivity index (χ3n) is 2.26. The molecular formula is C10H4F7NO4. The number of carbonyl (C=O) groups excluding carboxylic acids is 1. The van der Waals surface area contributed by atoms with Crippen molar-refractivity contribution in [3.8, 4) is 5.75 Å². The molecule has 0 aliphatic carbocycles. The average molecular weight is 335 g/mol. The van der Waals surface area contributed by atoms with Crippen LogP contribution in [0.5, 0.6) is 5.75 Å². The number of halogens is 7. The molecule has 122 valence electrons. The van der Waals surface area contributed by atoms with E-state index in [4.69, 9.17) is 0 Å². The molecular weight excluding hydrogens is 331 g/mol. The molecule has 1 aromatic carbocycles. The van der Waals surface area contributed by atoms with Crippen molar-refractivity contribution < 1.29 is 45.2 Å². The molecule has 1 aromatic rings. The normalized spacial score (nSPS) is 12.9. The lowest BCUT2D eigenvalue weighted by molar-refractivity contribution is -0.384. The minimum absolute atomic E-state index is 0.549. The highest BCUT2D eigenvalue weighted by Gasteiger charge is 2.77. The van der Waals surface area contributed by atoms with E-state index in [0.717, 1.165) is 0 Å². The summed E-state index contributed by atoms with van der Waals surface area (Å²) in [5.74, 6) is -16.8. The van der Waals surface area contributed by atoms with Gasteiger partial charge in [0.05, 0.1) is 4.92 Å². The number of hydrogen-bond acceptors (Lipinski definition) is 4. The van der Waals surface area contributed by atoms with Gasteiger partial charge in [-0.05, 0) is 12.1 Å². The number of alkyl halides is 7. The molecule has 0 saturated carbocycles. The van der Waals surface area contributed by atoms with E-state index in [1.165, 1.54) is 0 Å². The Morgan fingerprint density at radius 3 is 1.82 bits per heavy atom. The third kappa shape index (κ3) is 3.09. The minimum atomic E-state index is -6.68. The number of nitro groups is 1. The van der Waals surface area contributed by atoms with E-state index in [9.17, 15) is 45.6 Å². The fourth-order valence-electron chi connectivity index (χ4n) is 1.11. The van der Waals surface area contributed by atoms with Crippen LogP contribution in [0.4, 0.5) is 36.4 Å². The van der Waals surface area contributed by atoms with Crippen LogP contribution in [-0.4, -0.2) is 28.9 Å². The zero-order chi connectivity index (χ0) is 17.3. The monoisotopic (exact) mass is 335 g/mol. The van der Waals surface area contributed by atoms with Gasteiger partial charge in [0.2, 0.25) is 0 Å². The molecule has 0 bridgehead atoms. The molecule has 1 rings (SSSR count). The smallest absolute Gasteiger partial charge is 0.422 e. The Morgan fingerprint density at radius 2 is 1.45 bits per heavy atom. The predicted octanol–water partition coefficient (Wildman–Crippen LogP) is 3.33. The molecule has 0 radical (unpaired) electrons. The molecule has 0 heterocycles. The average Bonchev–Trinajstić information content (AvgIpc) is 2.37. The summed E-state index contributed by atoms with van der Waals surface area (Å²) in [4.78, 5) is 20.2. The summed E-state index contributed by atoms with van der Waals surface area (Å²) in [5, 5.41) is 10.3. The molecule has 0 fully saturated rings. The predicted molar refractivity (Wildman–Crippen MR) is 54.7 cm³/mol. The van der Waals surface area contributed by atoms with Gasteiger partial charge in [0.1, 0.15) is 5.75 Å². The Kier molecular flexibility index (Phi) is 4.35. The first-order valence-electron chi connectivity index (χ1n) is 5.10. The first-order chi connectivity index (χ1) is 9.80. The first-order valence-corrected chi connectivity index (χ1v) is 5.10. The molecule has 0 aliphatic heterocycles. The lowest BCUT2D eigenvalue weighted by atomic mass is 10.1. The lowest BCUT2D eigenvalue weighted by Crippen LogP contribution is -2.57. The highest BCUT2D eigenvalue weighted by molar-refractivity contribution is 5.81. The summed E-state index contributed by atoms with van der Waals surface area (Å²) in [6, 6.07) is 2.50. The number of nitro benzene ring substituents is 1. The molecule has 5 nitrogen and oxygen atoms in total. The summed E-state index contributed by atoms with van der Waals surface area (Å²) < 4.78 is 90.3. The van der Waals surface area contributed by atoms with E-state index in [-0.39, 0.29) is 0 Å². The van der Waals surface area contributed by atoms with Crippen molar-refractivity contribution in [1.29, 1.82) is 0 Å².